The smallest absolute Gasteiger partial charge is 0.379 e. The molecule has 4 amide bonds. The second-order valence-electron chi connectivity index (χ2n) is 10.9. The lowest BCUT2D eigenvalue weighted by atomic mass is 9.91. The first-order valence-corrected chi connectivity index (χ1v) is 14.0. The van der Waals surface area contributed by atoms with E-state index >= 15 is 0 Å². The highest BCUT2D eigenvalue weighted by atomic mass is 19.4. The Balaban J connectivity index is 1.59. The lowest BCUT2D eigenvalue weighted by Crippen LogP contribution is -2.49. The standard InChI is InChI=1S/C29H38F3N5O4/c1-4-11-36-23-18-37(22(17-19(2)3)26(38)33-10-7-12-35-13-15-41-16-14-35)27(39)24(23)25(34-28(36)40)20-8-5-6-9-21(20)29(30,31)32/h4-6,8-9,19,22,25H,1,7,10-18H2,2-3H3,(H,33,38)(H,34,40)/t22-,25-/m1/s1. The molecule has 1 aromatic rings. The van der Waals surface area contributed by atoms with E-state index in [0.29, 0.717) is 26.2 Å². The van der Waals surface area contributed by atoms with E-state index in [1.807, 2.05) is 13.8 Å². The Morgan fingerprint density at radius 2 is 1.93 bits per heavy atom. The van der Waals surface area contributed by atoms with Crippen LogP contribution in [0.2, 0.25) is 0 Å². The topological polar surface area (TPSA) is 94.2 Å². The number of halogens is 3. The van der Waals surface area contributed by atoms with Crippen LogP contribution in [0.4, 0.5) is 18.0 Å². The van der Waals surface area contributed by atoms with Crippen molar-refractivity contribution in [3.05, 3.63) is 59.3 Å². The molecule has 0 unspecified atom stereocenters. The molecule has 9 nitrogen and oxygen atoms in total. The van der Waals surface area contributed by atoms with Crippen LogP contribution in [0.5, 0.6) is 0 Å². The molecule has 1 aromatic carbocycles. The Morgan fingerprint density at radius 3 is 2.59 bits per heavy atom. The fourth-order valence-corrected chi connectivity index (χ4v) is 5.61. The number of rotatable bonds is 11. The maximum absolute atomic E-state index is 14.0. The van der Waals surface area contributed by atoms with Crippen LogP contribution in [0.25, 0.3) is 0 Å². The maximum atomic E-state index is 14.0. The van der Waals surface area contributed by atoms with Crippen molar-refractivity contribution in [1.29, 1.82) is 0 Å². The van der Waals surface area contributed by atoms with Crippen molar-refractivity contribution in [1.82, 2.24) is 25.3 Å². The Hall–Kier alpha value is -3.38. The summed E-state index contributed by atoms with van der Waals surface area (Å²) in [4.78, 5) is 45.5. The lowest BCUT2D eigenvalue weighted by molar-refractivity contribution is -0.139. The minimum atomic E-state index is -4.69. The molecule has 2 N–H and O–H groups in total. The Kier molecular flexibility index (Phi) is 9.75. The molecule has 0 radical (unpaired) electrons. The molecular weight excluding hydrogens is 539 g/mol. The van der Waals surface area contributed by atoms with Gasteiger partial charge in [0, 0.05) is 26.2 Å². The normalized spacial score (nSPS) is 20.8. The van der Waals surface area contributed by atoms with Crippen LogP contribution in [-0.2, 0) is 20.5 Å². The second kappa shape index (κ2) is 13.1. The van der Waals surface area contributed by atoms with Gasteiger partial charge in [-0.3, -0.25) is 19.4 Å². The van der Waals surface area contributed by atoms with Crippen molar-refractivity contribution in [2.45, 2.75) is 44.9 Å². The minimum Gasteiger partial charge on any atom is -0.379 e. The van der Waals surface area contributed by atoms with Crippen LogP contribution in [0.1, 0.15) is 43.9 Å². The molecule has 2 atom stereocenters. The Bertz CT molecular complexity index is 1180. The molecule has 3 heterocycles. The number of ether oxygens (including phenoxy) is 1. The van der Waals surface area contributed by atoms with Crippen molar-refractivity contribution >= 4 is 17.8 Å². The van der Waals surface area contributed by atoms with Crippen LogP contribution >= 0.6 is 0 Å². The SMILES string of the molecule is C=CCN1C(=O)N[C@H](c2ccccc2C(F)(F)F)C2=C1CN([C@H](CC(C)C)C(=O)NCCCN1CCOCC1)C2=O. The van der Waals surface area contributed by atoms with Crippen molar-refractivity contribution in [3.63, 3.8) is 0 Å². The first-order chi connectivity index (χ1) is 19.5. The summed E-state index contributed by atoms with van der Waals surface area (Å²) in [6.07, 6.45) is -2.13. The van der Waals surface area contributed by atoms with E-state index in [4.69, 9.17) is 4.74 Å². The number of nitrogens with one attached hydrogen (secondary N) is 2. The van der Waals surface area contributed by atoms with Gasteiger partial charge < -0.3 is 20.3 Å². The summed E-state index contributed by atoms with van der Waals surface area (Å²) < 4.78 is 47.2. The molecule has 3 aliphatic rings. The molecule has 0 aliphatic carbocycles. The van der Waals surface area contributed by atoms with E-state index in [-0.39, 0.29) is 41.7 Å². The van der Waals surface area contributed by atoms with Crippen molar-refractivity contribution in [2.75, 3.05) is 52.5 Å². The quantitative estimate of drug-likeness (QED) is 0.311. The summed E-state index contributed by atoms with van der Waals surface area (Å²) in [7, 11) is 0. The maximum Gasteiger partial charge on any atom is 0.416 e. The van der Waals surface area contributed by atoms with E-state index in [0.717, 1.165) is 32.1 Å². The van der Waals surface area contributed by atoms with Crippen LogP contribution in [0.15, 0.2) is 48.2 Å². The Morgan fingerprint density at radius 1 is 1.22 bits per heavy atom. The molecule has 0 spiro atoms. The number of nitrogens with zero attached hydrogens (tertiary/aromatic N) is 3. The van der Waals surface area contributed by atoms with Crippen LogP contribution < -0.4 is 10.6 Å². The highest BCUT2D eigenvalue weighted by Crippen LogP contribution is 2.42. The number of hydrogen-bond acceptors (Lipinski definition) is 5. The highest BCUT2D eigenvalue weighted by Gasteiger charge is 2.48. The summed E-state index contributed by atoms with van der Waals surface area (Å²) in [5.41, 5.74) is -0.828. The monoisotopic (exact) mass is 577 g/mol. The van der Waals surface area contributed by atoms with E-state index in [2.05, 4.69) is 22.1 Å². The fourth-order valence-electron chi connectivity index (χ4n) is 5.61. The van der Waals surface area contributed by atoms with Gasteiger partial charge in [-0.1, -0.05) is 38.1 Å². The molecule has 12 heteroatoms. The summed E-state index contributed by atoms with van der Waals surface area (Å²) >= 11 is 0. The first-order valence-electron chi connectivity index (χ1n) is 14.0. The van der Waals surface area contributed by atoms with Gasteiger partial charge in [-0.2, -0.15) is 13.2 Å². The predicted molar refractivity (Wildman–Crippen MR) is 146 cm³/mol. The van der Waals surface area contributed by atoms with Crippen LogP contribution in [-0.4, -0.2) is 91.1 Å². The molecule has 0 saturated carbocycles. The van der Waals surface area contributed by atoms with Gasteiger partial charge in [0.25, 0.3) is 5.91 Å². The number of urea groups is 1. The van der Waals surface area contributed by atoms with E-state index in [1.165, 1.54) is 34.1 Å². The third kappa shape index (κ3) is 6.92. The predicted octanol–water partition coefficient (Wildman–Crippen LogP) is 3.31. The first kappa shape index (κ1) is 30.6. The van der Waals surface area contributed by atoms with E-state index in [9.17, 15) is 27.6 Å². The van der Waals surface area contributed by atoms with Gasteiger partial charge in [-0.05, 0) is 36.9 Å². The molecule has 3 aliphatic heterocycles. The van der Waals surface area contributed by atoms with Gasteiger partial charge in [0.1, 0.15) is 6.04 Å². The highest BCUT2D eigenvalue weighted by molar-refractivity contribution is 6.03. The average molecular weight is 578 g/mol. The fraction of sp³-hybridized carbons (Fsp3) is 0.552. The molecule has 224 valence electrons. The molecular formula is C29H38F3N5O4. The van der Waals surface area contributed by atoms with Gasteiger partial charge in [0.15, 0.2) is 0 Å². The summed E-state index contributed by atoms with van der Waals surface area (Å²) in [6.45, 7) is 11.8. The minimum absolute atomic E-state index is 0.0389. The number of alkyl halides is 3. The van der Waals surface area contributed by atoms with Gasteiger partial charge in [0.05, 0.1) is 42.6 Å². The molecule has 41 heavy (non-hydrogen) atoms. The van der Waals surface area contributed by atoms with E-state index in [1.54, 1.807) is 0 Å². The van der Waals surface area contributed by atoms with Gasteiger partial charge >= 0.3 is 12.2 Å². The third-order valence-electron chi connectivity index (χ3n) is 7.57. The zero-order chi connectivity index (χ0) is 29.7. The summed E-state index contributed by atoms with van der Waals surface area (Å²) in [5, 5.41) is 5.56. The zero-order valence-corrected chi connectivity index (χ0v) is 23.5. The van der Waals surface area contributed by atoms with Gasteiger partial charge in [0.2, 0.25) is 5.91 Å². The molecule has 1 fully saturated rings. The van der Waals surface area contributed by atoms with Gasteiger partial charge in [-0.25, -0.2) is 4.79 Å². The van der Waals surface area contributed by atoms with Crippen molar-refractivity contribution < 1.29 is 32.3 Å². The Labute approximate surface area is 238 Å². The molecule has 4 rings (SSSR count). The van der Waals surface area contributed by atoms with Crippen LogP contribution in [0.3, 0.4) is 0 Å². The molecule has 1 saturated heterocycles. The van der Waals surface area contributed by atoms with Crippen molar-refractivity contribution in [2.24, 2.45) is 5.92 Å². The van der Waals surface area contributed by atoms with Crippen LogP contribution in [0, 0.1) is 5.92 Å². The third-order valence-corrected chi connectivity index (χ3v) is 7.57. The average Bonchev–Trinajstić information content (AvgIpc) is 3.27. The number of morpholine rings is 1. The number of carbonyl (C=O) groups excluding carboxylic acids is 3. The summed E-state index contributed by atoms with van der Waals surface area (Å²) in [5.74, 6) is -0.837. The largest absolute Gasteiger partial charge is 0.416 e. The number of carbonyl (C=O) groups is 3. The zero-order valence-electron chi connectivity index (χ0n) is 23.5. The molecule has 0 bridgehead atoms. The van der Waals surface area contributed by atoms with Crippen molar-refractivity contribution in [3.8, 4) is 0 Å². The summed E-state index contributed by atoms with van der Waals surface area (Å²) in [6, 6.07) is 2.11. The number of amides is 4. The number of benzene rings is 1. The van der Waals surface area contributed by atoms with E-state index < -0.39 is 35.8 Å². The van der Waals surface area contributed by atoms with Gasteiger partial charge in [-0.15, -0.1) is 6.58 Å². The number of hydrogen-bond donors (Lipinski definition) is 2. The molecule has 0 aromatic heterocycles. The second-order valence-corrected chi connectivity index (χ2v) is 10.9. The lowest BCUT2D eigenvalue weighted by Gasteiger charge is -2.33.